The van der Waals surface area contributed by atoms with E-state index in [0.29, 0.717) is 17.3 Å². The predicted octanol–water partition coefficient (Wildman–Crippen LogP) is 5.52. The lowest BCUT2D eigenvalue weighted by Gasteiger charge is -2.17. The molecule has 1 saturated heterocycles. The number of amides is 2. The van der Waals surface area contributed by atoms with Crippen molar-refractivity contribution in [1.82, 2.24) is 9.97 Å². The van der Waals surface area contributed by atoms with Crippen LogP contribution in [0.4, 0.5) is 11.4 Å². The van der Waals surface area contributed by atoms with Crippen molar-refractivity contribution in [1.29, 1.82) is 0 Å². The van der Waals surface area contributed by atoms with Crippen molar-refractivity contribution in [3.8, 4) is 21.8 Å². The highest BCUT2D eigenvalue weighted by molar-refractivity contribution is 7.13. The lowest BCUT2D eigenvalue weighted by Crippen LogP contribution is -2.28. The lowest BCUT2D eigenvalue weighted by molar-refractivity contribution is -0.122. The van der Waals surface area contributed by atoms with Gasteiger partial charge < -0.3 is 10.2 Å². The van der Waals surface area contributed by atoms with E-state index >= 15 is 0 Å². The molecule has 1 aliphatic heterocycles. The molecule has 3 heterocycles. The number of aromatic nitrogens is 2. The smallest absolute Gasteiger partial charge is 0.229 e. The van der Waals surface area contributed by atoms with E-state index in [0.717, 1.165) is 27.5 Å². The largest absolute Gasteiger partial charge is 0.326 e. The van der Waals surface area contributed by atoms with Crippen molar-refractivity contribution >= 4 is 46.1 Å². The number of pyridine rings is 1. The first-order valence-electron chi connectivity index (χ1n) is 10.4. The second-order valence-electron chi connectivity index (χ2n) is 7.73. The fourth-order valence-corrected chi connectivity index (χ4v) is 4.73. The Morgan fingerprint density at radius 2 is 1.91 bits per heavy atom. The highest BCUT2D eigenvalue weighted by Crippen LogP contribution is 2.31. The second-order valence-corrected chi connectivity index (χ2v) is 9.03. The SMILES string of the molecule is O=C(Nc1cccc(-c2csc(-c3cccnc3)n2)c1)C1CC(=O)N(c2ccc(Cl)cc2)C1. The molecule has 2 amide bonds. The maximum atomic E-state index is 12.9. The highest BCUT2D eigenvalue weighted by atomic mass is 35.5. The number of thiazole rings is 1. The van der Waals surface area contributed by atoms with Crippen molar-refractivity contribution in [3.63, 3.8) is 0 Å². The molecule has 0 radical (unpaired) electrons. The Labute approximate surface area is 199 Å². The zero-order chi connectivity index (χ0) is 22.8. The Morgan fingerprint density at radius 1 is 1.09 bits per heavy atom. The van der Waals surface area contributed by atoms with Crippen LogP contribution >= 0.6 is 22.9 Å². The Balaban J connectivity index is 1.28. The van der Waals surface area contributed by atoms with Gasteiger partial charge >= 0.3 is 0 Å². The molecule has 1 N–H and O–H groups in total. The minimum Gasteiger partial charge on any atom is -0.326 e. The van der Waals surface area contributed by atoms with Crippen molar-refractivity contribution in [2.45, 2.75) is 6.42 Å². The van der Waals surface area contributed by atoms with E-state index in [-0.39, 0.29) is 18.2 Å². The van der Waals surface area contributed by atoms with Gasteiger partial charge in [-0.2, -0.15) is 0 Å². The molecule has 164 valence electrons. The van der Waals surface area contributed by atoms with Gasteiger partial charge in [0.1, 0.15) is 5.01 Å². The first-order valence-corrected chi connectivity index (χ1v) is 11.7. The number of hydrogen-bond donors (Lipinski definition) is 1. The molecule has 6 nitrogen and oxygen atoms in total. The third-order valence-corrected chi connectivity index (χ3v) is 6.62. The van der Waals surface area contributed by atoms with Gasteiger partial charge in [0.25, 0.3) is 0 Å². The summed E-state index contributed by atoms with van der Waals surface area (Å²) in [6.45, 7) is 0.340. The summed E-state index contributed by atoms with van der Waals surface area (Å²) in [7, 11) is 0. The number of benzene rings is 2. The van der Waals surface area contributed by atoms with Crippen molar-refractivity contribution in [2.75, 3.05) is 16.8 Å². The summed E-state index contributed by atoms with van der Waals surface area (Å²) in [5.74, 6) is -0.670. The quantitative estimate of drug-likeness (QED) is 0.413. The fourth-order valence-electron chi connectivity index (χ4n) is 3.78. The minimum absolute atomic E-state index is 0.0726. The van der Waals surface area contributed by atoms with Crippen LogP contribution in [0.1, 0.15) is 6.42 Å². The molecule has 1 fully saturated rings. The highest BCUT2D eigenvalue weighted by Gasteiger charge is 2.35. The normalized spacial score (nSPS) is 15.6. The number of hydrogen-bond acceptors (Lipinski definition) is 5. The van der Waals surface area contributed by atoms with Gasteiger partial charge in [-0.15, -0.1) is 11.3 Å². The number of carbonyl (C=O) groups is 2. The third kappa shape index (κ3) is 4.65. The summed E-state index contributed by atoms with van der Waals surface area (Å²) in [6.07, 6.45) is 3.70. The summed E-state index contributed by atoms with van der Waals surface area (Å²) in [4.78, 5) is 35.9. The summed E-state index contributed by atoms with van der Waals surface area (Å²) < 4.78 is 0. The molecule has 2 aromatic heterocycles. The molecule has 0 aliphatic carbocycles. The maximum absolute atomic E-state index is 12.9. The van der Waals surface area contributed by atoms with Crippen molar-refractivity contribution < 1.29 is 9.59 Å². The fraction of sp³-hybridized carbons (Fsp3) is 0.120. The van der Waals surface area contributed by atoms with Crippen LogP contribution in [-0.2, 0) is 9.59 Å². The van der Waals surface area contributed by atoms with Gasteiger partial charge in [-0.05, 0) is 48.5 Å². The van der Waals surface area contributed by atoms with Gasteiger partial charge in [-0.25, -0.2) is 4.98 Å². The number of anilines is 2. The molecule has 1 aliphatic rings. The lowest BCUT2D eigenvalue weighted by atomic mass is 10.1. The van der Waals surface area contributed by atoms with Crippen LogP contribution in [0.5, 0.6) is 0 Å². The maximum Gasteiger partial charge on any atom is 0.229 e. The molecule has 0 saturated carbocycles. The zero-order valence-corrected chi connectivity index (χ0v) is 19.0. The molecular formula is C25H19ClN4O2S. The first-order chi connectivity index (χ1) is 16.1. The number of halogens is 1. The third-order valence-electron chi connectivity index (χ3n) is 5.47. The molecule has 5 rings (SSSR count). The van der Waals surface area contributed by atoms with E-state index in [1.54, 1.807) is 52.9 Å². The summed E-state index contributed by atoms with van der Waals surface area (Å²) in [5.41, 5.74) is 4.12. The van der Waals surface area contributed by atoms with E-state index in [1.807, 2.05) is 41.8 Å². The van der Waals surface area contributed by atoms with Gasteiger partial charge in [-0.3, -0.25) is 14.6 Å². The molecular weight excluding hydrogens is 456 g/mol. The topological polar surface area (TPSA) is 75.2 Å². The molecule has 33 heavy (non-hydrogen) atoms. The molecule has 0 bridgehead atoms. The minimum atomic E-state index is -0.423. The molecule has 0 spiro atoms. The first kappa shape index (κ1) is 21.3. The zero-order valence-electron chi connectivity index (χ0n) is 17.4. The van der Waals surface area contributed by atoms with E-state index in [1.165, 1.54) is 0 Å². The number of carbonyl (C=O) groups excluding carboxylic acids is 2. The van der Waals surface area contributed by atoms with Crippen LogP contribution in [0.3, 0.4) is 0 Å². The molecule has 8 heteroatoms. The van der Waals surface area contributed by atoms with Crippen LogP contribution in [0, 0.1) is 5.92 Å². The Hall–Kier alpha value is -3.55. The number of nitrogens with one attached hydrogen (secondary N) is 1. The van der Waals surface area contributed by atoms with Gasteiger partial charge in [0.2, 0.25) is 11.8 Å². The van der Waals surface area contributed by atoms with Crippen LogP contribution in [0.25, 0.3) is 21.8 Å². The Kier molecular flexibility index (Phi) is 5.90. The van der Waals surface area contributed by atoms with Crippen molar-refractivity contribution in [2.24, 2.45) is 5.92 Å². The summed E-state index contributed by atoms with van der Waals surface area (Å²) >= 11 is 7.49. The molecule has 1 unspecified atom stereocenters. The average Bonchev–Trinajstić information content (AvgIpc) is 3.48. The Morgan fingerprint density at radius 3 is 2.70 bits per heavy atom. The average molecular weight is 475 g/mol. The summed E-state index contributed by atoms with van der Waals surface area (Å²) in [6, 6.07) is 18.5. The van der Waals surface area contributed by atoms with Crippen LogP contribution in [-0.4, -0.2) is 28.3 Å². The monoisotopic (exact) mass is 474 g/mol. The summed E-state index contributed by atoms with van der Waals surface area (Å²) in [5, 5.41) is 6.44. The van der Waals surface area contributed by atoms with E-state index in [9.17, 15) is 9.59 Å². The second kappa shape index (κ2) is 9.13. The van der Waals surface area contributed by atoms with E-state index < -0.39 is 5.92 Å². The van der Waals surface area contributed by atoms with E-state index in [2.05, 4.69) is 10.3 Å². The number of nitrogens with zero attached hydrogens (tertiary/aromatic N) is 3. The van der Waals surface area contributed by atoms with Gasteiger partial charge in [-0.1, -0.05) is 23.7 Å². The molecule has 1 atom stereocenters. The van der Waals surface area contributed by atoms with Crippen molar-refractivity contribution in [3.05, 3.63) is 83.5 Å². The van der Waals surface area contributed by atoms with E-state index in [4.69, 9.17) is 16.6 Å². The molecule has 2 aromatic carbocycles. The van der Waals surface area contributed by atoms with Gasteiger partial charge in [0.15, 0.2) is 0 Å². The van der Waals surface area contributed by atoms with Gasteiger partial charge in [0.05, 0.1) is 11.6 Å². The van der Waals surface area contributed by atoms with Crippen LogP contribution < -0.4 is 10.2 Å². The van der Waals surface area contributed by atoms with Gasteiger partial charge in [0, 0.05) is 58.3 Å². The Bertz CT molecular complexity index is 1310. The predicted molar refractivity (Wildman–Crippen MR) is 131 cm³/mol. The standard InChI is InChI=1S/C25H19ClN4O2S/c26-19-6-8-21(9-7-19)30-14-18(12-23(30)31)24(32)28-20-5-1-3-16(11-20)22-15-33-25(29-22)17-4-2-10-27-13-17/h1-11,13,15,18H,12,14H2,(H,28,32). The van der Waals surface area contributed by atoms with Crippen LogP contribution in [0.2, 0.25) is 5.02 Å². The van der Waals surface area contributed by atoms with Crippen LogP contribution in [0.15, 0.2) is 78.4 Å². The number of rotatable bonds is 5. The molecule has 4 aromatic rings.